The molecule has 0 atom stereocenters. The molecule has 0 bridgehead atoms. The number of hydrogen-bond acceptors (Lipinski definition) is 1. The maximum absolute atomic E-state index is 12.3. The third-order valence-electron chi connectivity index (χ3n) is 4.02. The average Bonchev–Trinajstić information content (AvgIpc) is 2.68. The maximum Gasteiger partial charge on any atom is 0.267 e. The summed E-state index contributed by atoms with van der Waals surface area (Å²) in [5.41, 5.74) is 1.56. The van der Waals surface area contributed by atoms with Crippen LogP contribution in [0.15, 0.2) is 24.3 Å². The molecule has 2 N–H and O–H groups in total. The number of benzene rings is 1. The number of amides is 1. The van der Waals surface area contributed by atoms with Gasteiger partial charge >= 0.3 is 0 Å². The topological polar surface area (TPSA) is 44.9 Å². The van der Waals surface area contributed by atoms with Crippen molar-refractivity contribution in [1.29, 1.82) is 0 Å². The highest BCUT2D eigenvalue weighted by Crippen LogP contribution is 2.21. The van der Waals surface area contributed by atoms with Gasteiger partial charge in [-0.25, -0.2) is 0 Å². The molecule has 1 aromatic carbocycles. The molecule has 1 aliphatic rings. The number of rotatable bonds is 2. The van der Waals surface area contributed by atoms with E-state index in [9.17, 15) is 4.79 Å². The summed E-state index contributed by atoms with van der Waals surface area (Å²) in [7, 11) is 0. The van der Waals surface area contributed by atoms with Crippen LogP contribution >= 0.6 is 11.6 Å². The van der Waals surface area contributed by atoms with Gasteiger partial charge in [0.2, 0.25) is 0 Å². The van der Waals surface area contributed by atoms with Crippen molar-refractivity contribution in [2.24, 2.45) is 0 Å². The van der Waals surface area contributed by atoms with Gasteiger partial charge in [-0.2, -0.15) is 0 Å². The fourth-order valence-electron chi connectivity index (χ4n) is 2.91. The van der Waals surface area contributed by atoms with Gasteiger partial charge in [-0.1, -0.05) is 37.3 Å². The van der Waals surface area contributed by atoms with Crippen LogP contribution in [-0.4, -0.2) is 16.9 Å². The number of carbonyl (C=O) groups excluding carboxylic acids is 1. The zero-order valence-corrected chi connectivity index (χ0v) is 12.2. The lowest BCUT2D eigenvalue weighted by molar-refractivity contribution is 0.0929. The molecule has 1 aliphatic carbocycles. The second-order valence-electron chi connectivity index (χ2n) is 5.58. The quantitative estimate of drug-likeness (QED) is 0.797. The predicted octanol–water partition coefficient (Wildman–Crippen LogP) is 4.27. The van der Waals surface area contributed by atoms with Crippen LogP contribution in [-0.2, 0) is 0 Å². The zero-order valence-electron chi connectivity index (χ0n) is 11.4. The van der Waals surface area contributed by atoms with Crippen molar-refractivity contribution in [2.45, 2.75) is 44.6 Å². The minimum Gasteiger partial charge on any atom is -0.351 e. The molecule has 1 heterocycles. The molecule has 0 radical (unpaired) electrons. The molecule has 0 spiro atoms. The number of hydrogen-bond donors (Lipinski definition) is 2. The number of aromatic nitrogens is 1. The van der Waals surface area contributed by atoms with Crippen LogP contribution in [0.2, 0.25) is 5.02 Å². The van der Waals surface area contributed by atoms with Crippen LogP contribution in [0.1, 0.15) is 49.0 Å². The Morgan fingerprint density at radius 1 is 1.15 bits per heavy atom. The first-order chi connectivity index (χ1) is 9.72. The zero-order chi connectivity index (χ0) is 13.9. The average molecular weight is 291 g/mol. The van der Waals surface area contributed by atoms with Gasteiger partial charge in [0.25, 0.3) is 5.91 Å². The molecule has 20 heavy (non-hydrogen) atoms. The molecule has 2 aromatic rings. The van der Waals surface area contributed by atoms with Crippen LogP contribution < -0.4 is 5.32 Å². The van der Waals surface area contributed by atoms with Gasteiger partial charge < -0.3 is 10.3 Å². The molecule has 106 valence electrons. The number of nitrogens with one attached hydrogen (secondary N) is 2. The van der Waals surface area contributed by atoms with Crippen molar-refractivity contribution in [1.82, 2.24) is 10.3 Å². The molecule has 0 saturated heterocycles. The Bertz CT molecular complexity index is 612. The van der Waals surface area contributed by atoms with Gasteiger partial charge in [-0.05, 0) is 37.1 Å². The molecular weight excluding hydrogens is 272 g/mol. The molecule has 1 amide bonds. The molecule has 3 nitrogen and oxygen atoms in total. The Kier molecular flexibility index (Phi) is 3.97. The number of aromatic amines is 1. The number of carbonyl (C=O) groups is 1. The van der Waals surface area contributed by atoms with Gasteiger partial charge in [0.05, 0.1) is 0 Å². The summed E-state index contributed by atoms with van der Waals surface area (Å²) in [6, 6.07) is 7.79. The summed E-state index contributed by atoms with van der Waals surface area (Å²) in [5.74, 6) is -0.00998. The smallest absolute Gasteiger partial charge is 0.267 e. The molecule has 3 rings (SSSR count). The Morgan fingerprint density at radius 3 is 2.65 bits per heavy atom. The molecular formula is C16H19ClN2O. The summed E-state index contributed by atoms with van der Waals surface area (Å²) in [6.45, 7) is 0. The van der Waals surface area contributed by atoms with E-state index in [-0.39, 0.29) is 5.91 Å². The minimum atomic E-state index is -0.00998. The second kappa shape index (κ2) is 5.88. The molecule has 4 heteroatoms. The SMILES string of the molecule is O=C(NC1CCCCCC1)c1cc2cc(Cl)ccc2[nH]1. The van der Waals surface area contributed by atoms with Crippen LogP contribution in [0, 0.1) is 0 Å². The first-order valence-electron chi connectivity index (χ1n) is 7.31. The summed E-state index contributed by atoms with van der Waals surface area (Å²) in [5, 5.41) is 4.81. The highest BCUT2D eigenvalue weighted by molar-refractivity contribution is 6.31. The Balaban J connectivity index is 1.74. The van der Waals surface area contributed by atoms with Crippen LogP contribution in [0.25, 0.3) is 10.9 Å². The summed E-state index contributed by atoms with van der Waals surface area (Å²) >= 11 is 5.97. The summed E-state index contributed by atoms with van der Waals surface area (Å²) < 4.78 is 0. The first-order valence-corrected chi connectivity index (χ1v) is 7.69. The van der Waals surface area contributed by atoms with Crippen molar-refractivity contribution in [3.63, 3.8) is 0 Å². The molecule has 1 fully saturated rings. The van der Waals surface area contributed by atoms with Crippen molar-refractivity contribution in [3.05, 3.63) is 35.0 Å². The second-order valence-corrected chi connectivity index (χ2v) is 6.01. The van der Waals surface area contributed by atoms with E-state index >= 15 is 0 Å². The lowest BCUT2D eigenvalue weighted by Crippen LogP contribution is -2.34. The van der Waals surface area contributed by atoms with Crippen molar-refractivity contribution in [3.8, 4) is 0 Å². The third kappa shape index (κ3) is 2.98. The van der Waals surface area contributed by atoms with Gasteiger partial charge in [0.15, 0.2) is 0 Å². The normalized spacial score (nSPS) is 17.1. The van der Waals surface area contributed by atoms with E-state index in [4.69, 9.17) is 11.6 Å². The Labute approximate surface area is 123 Å². The molecule has 0 aliphatic heterocycles. The minimum absolute atomic E-state index is 0.00998. The van der Waals surface area contributed by atoms with Gasteiger partial charge in [0.1, 0.15) is 5.69 Å². The van der Waals surface area contributed by atoms with E-state index < -0.39 is 0 Å². The van der Waals surface area contributed by atoms with E-state index in [0.717, 1.165) is 23.7 Å². The lowest BCUT2D eigenvalue weighted by atomic mass is 10.1. The monoisotopic (exact) mass is 290 g/mol. The van der Waals surface area contributed by atoms with Gasteiger partial charge in [0, 0.05) is 22.0 Å². The molecule has 1 saturated carbocycles. The number of fused-ring (bicyclic) bond motifs is 1. The van der Waals surface area contributed by atoms with Crippen molar-refractivity contribution >= 4 is 28.4 Å². The fourth-order valence-corrected chi connectivity index (χ4v) is 3.09. The predicted molar refractivity (Wildman–Crippen MR) is 82.3 cm³/mol. The lowest BCUT2D eigenvalue weighted by Gasteiger charge is -2.15. The largest absolute Gasteiger partial charge is 0.351 e. The fraction of sp³-hybridized carbons (Fsp3) is 0.438. The van der Waals surface area contributed by atoms with Crippen LogP contribution in [0.5, 0.6) is 0 Å². The summed E-state index contributed by atoms with van der Waals surface area (Å²) in [4.78, 5) is 15.5. The highest BCUT2D eigenvalue weighted by atomic mass is 35.5. The maximum atomic E-state index is 12.3. The third-order valence-corrected chi connectivity index (χ3v) is 4.25. The van der Waals surface area contributed by atoms with E-state index in [2.05, 4.69) is 10.3 Å². The van der Waals surface area contributed by atoms with E-state index in [1.54, 1.807) is 0 Å². The Hall–Kier alpha value is -1.48. The van der Waals surface area contributed by atoms with Crippen LogP contribution in [0.3, 0.4) is 0 Å². The van der Waals surface area contributed by atoms with Gasteiger partial charge in [-0.15, -0.1) is 0 Å². The van der Waals surface area contributed by atoms with Gasteiger partial charge in [-0.3, -0.25) is 4.79 Å². The molecule has 1 aromatic heterocycles. The highest BCUT2D eigenvalue weighted by Gasteiger charge is 2.17. The van der Waals surface area contributed by atoms with E-state index in [1.165, 1.54) is 25.7 Å². The molecule has 0 unspecified atom stereocenters. The van der Waals surface area contributed by atoms with E-state index in [0.29, 0.717) is 16.8 Å². The number of H-pyrrole nitrogens is 1. The van der Waals surface area contributed by atoms with Crippen molar-refractivity contribution < 1.29 is 4.79 Å². The Morgan fingerprint density at radius 2 is 1.90 bits per heavy atom. The van der Waals surface area contributed by atoms with Crippen molar-refractivity contribution in [2.75, 3.05) is 0 Å². The van der Waals surface area contributed by atoms with E-state index in [1.807, 2.05) is 24.3 Å². The number of halogens is 1. The summed E-state index contributed by atoms with van der Waals surface area (Å²) in [6.07, 6.45) is 7.20. The van der Waals surface area contributed by atoms with Crippen LogP contribution in [0.4, 0.5) is 0 Å². The standard InChI is InChI=1S/C16H19ClN2O/c17-12-7-8-14-11(9-12)10-15(19-14)16(20)18-13-5-3-1-2-4-6-13/h7-10,13,19H,1-6H2,(H,18,20). The first kappa shape index (κ1) is 13.5.